The van der Waals surface area contributed by atoms with E-state index in [0.29, 0.717) is 17.4 Å². The molecule has 2 aromatic rings. The molecule has 2 aromatic heterocycles. The van der Waals surface area contributed by atoms with E-state index in [0.717, 1.165) is 45.2 Å². The maximum Gasteiger partial charge on any atom is 0.259 e. The van der Waals surface area contributed by atoms with E-state index in [1.165, 1.54) is 6.20 Å². The fourth-order valence-corrected chi connectivity index (χ4v) is 3.27. The number of hydrogen-bond donors (Lipinski definition) is 0. The van der Waals surface area contributed by atoms with Gasteiger partial charge in [0.25, 0.3) is 5.91 Å². The van der Waals surface area contributed by atoms with Crippen molar-refractivity contribution in [2.75, 3.05) is 44.2 Å². The Morgan fingerprint density at radius 3 is 2.50 bits per heavy atom. The smallest absolute Gasteiger partial charge is 0.259 e. The van der Waals surface area contributed by atoms with Crippen LogP contribution < -0.4 is 4.90 Å². The summed E-state index contributed by atoms with van der Waals surface area (Å²) >= 11 is 0. The number of aryl methyl sites for hydroxylation is 1. The average molecular weight is 328 g/mol. The maximum atomic E-state index is 12.4. The van der Waals surface area contributed by atoms with Gasteiger partial charge in [-0.2, -0.15) is 0 Å². The topological polar surface area (TPSA) is 78.6 Å². The van der Waals surface area contributed by atoms with Gasteiger partial charge in [0, 0.05) is 57.7 Å². The molecule has 0 radical (unpaired) electrons. The Kier molecular flexibility index (Phi) is 3.89. The van der Waals surface area contributed by atoms with Crippen molar-refractivity contribution in [2.45, 2.75) is 13.0 Å². The summed E-state index contributed by atoms with van der Waals surface area (Å²) in [5, 5.41) is 3.68. The van der Waals surface area contributed by atoms with Crippen molar-refractivity contribution < 1.29 is 9.32 Å². The zero-order valence-corrected chi connectivity index (χ0v) is 13.6. The predicted octanol–water partition coefficient (Wildman–Crippen LogP) is 0.420. The molecule has 0 aliphatic carbocycles. The highest BCUT2D eigenvalue weighted by atomic mass is 16.5. The Hall–Kier alpha value is -2.48. The number of aromatic nitrogens is 3. The third kappa shape index (κ3) is 2.73. The van der Waals surface area contributed by atoms with Crippen LogP contribution in [0, 0.1) is 6.92 Å². The Bertz CT molecular complexity index is 704. The van der Waals surface area contributed by atoms with Crippen LogP contribution in [0.15, 0.2) is 29.2 Å². The highest BCUT2D eigenvalue weighted by Crippen LogP contribution is 2.21. The number of rotatable bonds is 3. The molecule has 2 aliphatic heterocycles. The second-order valence-electron chi connectivity index (χ2n) is 6.23. The third-order valence-electron chi connectivity index (χ3n) is 4.80. The summed E-state index contributed by atoms with van der Waals surface area (Å²) in [7, 11) is 0. The molecular weight excluding hydrogens is 308 g/mol. The van der Waals surface area contributed by atoms with Crippen molar-refractivity contribution in [3.8, 4) is 0 Å². The predicted molar refractivity (Wildman–Crippen MR) is 86.7 cm³/mol. The van der Waals surface area contributed by atoms with Gasteiger partial charge in [-0.25, -0.2) is 9.97 Å². The van der Waals surface area contributed by atoms with Gasteiger partial charge in [0.1, 0.15) is 11.3 Å². The van der Waals surface area contributed by atoms with Crippen LogP contribution in [0.3, 0.4) is 0 Å². The van der Waals surface area contributed by atoms with E-state index >= 15 is 0 Å². The van der Waals surface area contributed by atoms with Crippen molar-refractivity contribution in [3.63, 3.8) is 0 Å². The molecule has 4 rings (SSSR count). The number of amides is 1. The molecule has 2 aliphatic rings. The normalized spacial score (nSPS) is 19.4. The van der Waals surface area contributed by atoms with Gasteiger partial charge in [0.05, 0.1) is 6.20 Å². The number of likely N-dealkylation sites (tertiary alicyclic amines) is 1. The fraction of sp³-hybridized carbons (Fsp3) is 0.500. The number of anilines is 1. The first kappa shape index (κ1) is 15.1. The van der Waals surface area contributed by atoms with E-state index in [1.54, 1.807) is 19.3 Å². The van der Waals surface area contributed by atoms with Gasteiger partial charge in [-0.05, 0) is 13.0 Å². The molecule has 0 N–H and O–H groups in total. The first-order valence-electron chi connectivity index (χ1n) is 8.19. The summed E-state index contributed by atoms with van der Waals surface area (Å²) in [5.74, 6) is 1.40. The molecule has 0 unspecified atom stereocenters. The molecule has 0 atom stereocenters. The Balaban J connectivity index is 1.28. The molecule has 0 spiro atoms. The molecule has 2 fully saturated rings. The van der Waals surface area contributed by atoms with E-state index < -0.39 is 0 Å². The lowest BCUT2D eigenvalue weighted by molar-refractivity contribution is 0.0244. The third-order valence-corrected chi connectivity index (χ3v) is 4.80. The quantitative estimate of drug-likeness (QED) is 0.808. The zero-order valence-electron chi connectivity index (χ0n) is 13.6. The van der Waals surface area contributed by atoms with Crippen LogP contribution in [0.4, 0.5) is 5.95 Å². The van der Waals surface area contributed by atoms with E-state index in [-0.39, 0.29) is 5.91 Å². The minimum atomic E-state index is 0.0151. The Morgan fingerprint density at radius 2 is 1.88 bits per heavy atom. The Morgan fingerprint density at radius 1 is 1.17 bits per heavy atom. The van der Waals surface area contributed by atoms with Crippen LogP contribution in [0.25, 0.3) is 0 Å². The number of piperazine rings is 1. The SMILES string of the molecule is Cc1oncc1C(=O)N1CC(N2CCN(c3ncccn3)CC2)C1. The maximum absolute atomic E-state index is 12.4. The van der Waals surface area contributed by atoms with Crippen molar-refractivity contribution in [3.05, 3.63) is 36.0 Å². The van der Waals surface area contributed by atoms with Crippen molar-refractivity contribution in [2.24, 2.45) is 0 Å². The standard InChI is InChI=1S/C16H20N6O2/c1-12-14(9-19-24-12)15(23)22-10-13(11-22)20-5-7-21(8-6-20)16-17-3-2-4-18-16/h2-4,9,13H,5-8,10-11H2,1H3. The summed E-state index contributed by atoms with van der Waals surface area (Å²) < 4.78 is 4.98. The van der Waals surface area contributed by atoms with Gasteiger partial charge in [-0.15, -0.1) is 0 Å². The molecule has 24 heavy (non-hydrogen) atoms. The highest BCUT2D eigenvalue weighted by molar-refractivity contribution is 5.95. The minimum absolute atomic E-state index is 0.0151. The highest BCUT2D eigenvalue weighted by Gasteiger charge is 2.37. The monoisotopic (exact) mass is 328 g/mol. The number of carbonyl (C=O) groups is 1. The first-order valence-corrected chi connectivity index (χ1v) is 8.19. The van der Waals surface area contributed by atoms with Gasteiger partial charge in [-0.1, -0.05) is 5.16 Å². The van der Waals surface area contributed by atoms with E-state index in [4.69, 9.17) is 4.52 Å². The van der Waals surface area contributed by atoms with Crippen LogP contribution in [0.5, 0.6) is 0 Å². The molecule has 126 valence electrons. The van der Waals surface area contributed by atoms with Gasteiger partial charge < -0.3 is 14.3 Å². The lowest BCUT2D eigenvalue weighted by Crippen LogP contribution is -2.64. The number of hydrogen-bond acceptors (Lipinski definition) is 7. The lowest BCUT2D eigenvalue weighted by Gasteiger charge is -2.48. The van der Waals surface area contributed by atoms with Crippen LogP contribution >= 0.6 is 0 Å². The van der Waals surface area contributed by atoms with Crippen LogP contribution in [0.1, 0.15) is 16.1 Å². The summed E-state index contributed by atoms with van der Waals surface area (Å²) in [5.41, 5.74) is 0.569. The van der Waals surface area contributed by atoms with Crippen molar-refractivity contribution in [1.29, 1.82) is 0 Å². The summed E-state index contributed by atoms with van der Waals surface area (Å²) in [6.45, 7) is 7.08. The van der Waals surface area contributed by atoms with Crippen LogP contribution in [0.2, 0.25) is 0 Å². The molecule has 4 heterocycles. The number of nitrogens with zero attached hydrogens (tertiary/aromatic N) is 6. The second kappa shape index (κ2) is 6.20. The fourth-order valence-electron chi connectivity index (χ4n) is 3.27. The van der Waals surface area contributed by atoms with Gasteiger partial charge in [0.15, 0.2) is 0 Å². The van der Waals surface area contributed by atoms with E-state index in [9.17, 15) is 4.79 Å². The largest absolute Gasteiger partial charge is 0.361 e. The molecule has 2 saturated heterocycles. The second-order valence-corrected chi connectivity index (χ2v) is 6.23. The molecule has 8 nitrogen and oxygen atoms in total. The van der Waals surface area contributed by atoms with Crippen molar-refractivity contribution in [1.82, 2.24) is 24.9 Å². The molecule has 0 saturated carbocycles. The van der Waals surface area contributed by atoms with Crippen molar-refractivity contribution >= 4 is 11.9 Å². The van der Waals surface area contributed by atoms with Gasteiger partial charge in [-0.3, -0.25) is 9.69 Å². The van der Waals surface area contributed by atoms with E-state index in [1.807, 2.05) is 11.0 Å². The van der Waals surface area contributed by atoms with Gasteiger partial charge >= 0.3 is 0 Å². The first-order chi connectivity index (χ1) is 11.7. The molecular formula is C16H20N6O2. The molecule has 8 heteroatoms. The summed E-state index contributed by atoms with van der Waals surface area (Å²) in [6.07, 6.45) is 5.05. The van der Waals surface area contributed by atoms with Crippen LogP contribution in [-0.2, 0) is 0 Å². The molecule has 0 bridgehead atoms. The minimum Gasteiger partial charge on any atom is -0.361 e. The van der Waals surface area contributed by atoms with Gasteiger partial charge in [0.2, 0.25) is 5.95 Å². The average Bonchev–Trinajstić information content (AvgIpc) is 3.01. The summed E-state index contributed by atoms with van der Waals surface area (Å²) in [4.78, 5) is 27.5. The number of carbonyl (C=O) groups excluding carboxylic acids is 1. The molecule has 0 aromatic carbocycles. The van der Waals surface area contributed by atoms with Crippen LogP contribution in [-0.4, -0.2) is 76.1 Å². The van der Waals surface area contributed by atoms with E-state index in [2.05, 4.69) is 24.9 Å². The zero-order chi connectivity index (χ0) is 16.5. The lowest BCUT2D eigenvalue weighted by atomic mass is 10.0. The molecule has 1 amide bonds. The summed E-state index contributed by atoms with van der Waals surface area (Å²) in [6, 6.07) is 2.27. The Labute approximate surface area is 140 Å².